The van der Waals surface area contributed by atoms with Gasteiger partial charge in [-0.1, -0.05) is 392 Å². The van der Waals surface area contributed by atoms with Crippen molar-refractivity contribution in [1.82, 2.24) is 0 Å². The third-order valence-corrected chi connectivity index (χ3v) is 17.5. The fourth-order valence-electron chi connectivity index (χ4n) is 11.8. The lowest BCUT2D eigenvalue weighted by molar-refractivity contribution is -0.167. The lowest BCUT2D eigenvalue weighted by Gasteiger charge is -2.18. The molecule has 0 aliphatic heterocycles. The van der Waals surface area contributed by atoms with Crippen molar-refractivity contribution in [3.63, 3.8) is 0 Å². The maximum absolute atomic E-state index is 13.0. The molecule has 0 aromatic heterocycles. The van der Waals surface area contributed by atoms with E-state index in [1.165, 1.54) is 334 Å². The van der Waals surface area contributed by atoms with Crippen molar-refractivity contribution in [3.8, 4) is 0 Å². The van der Waals surface area contributed by atoms with Crippen molar-refractivity contribution in [2.24, 2.45) is 0 Å². The molecule has 0 spiro atoms. The van der Waals surface area contributed by atoms with Gasteiger partial charge in [0.1, 0.15) is 13.2 Å². The van der Waals surface area contributed by atoms with Crippen LogP contribution in [-0.2, 0) is 28.6 Å². The predicted octanol–water partition coefficient (Wildman–Crippen LogP) is 26.0. The molecule has 82 heavy (non-hydrogen) atoms. The van der Waals surface area contributed by atoms with Gasteiger partial charge in [-0.15, -0.1) is 0 Å². The van der Waals surface area contributed by atoms with Gasteiger partial charge in [-0.25, -0.2) is 0 Å². The van der Waals surface area contributed by atoms with Crippen molar-refractivity contribution in [2.75, 3.05) is 13.2 Å². The van der Waals surface area contributed by atoms with Gasteiger partial charge in [-0.2, -0.15) is 0 Å². The first-order valence-corrected chi connectivity index (χ1v) is 37.7. The van der Waals surface area contributed by atoms with E-state index in [1.54, 1.807) is 0 Å². The summed E-state index contributed by atoms with van der Waals surface area (Å²) in [5, 5.41) is 0. The van der Waals surface area contributed by atoms with Crippen LogP contribution < -0.4 is 0 Å². The average molecular weight is 1160 g/mol. The summed E-state index contributed by atoms with van der Waals surface area (Å²) in [4.78, 5) is 38.4. The third-order valence-electron chi connectivity index (χ3n) is 17.5. The number of hydrogen-bond acceptors (Lipinski definition) is 6. The molecule has 0 rings (SSSR count). The van der Waals surface area contributed by atoms with E-state index in [2.05, 4.69) is 32.9 Å². The molecule has 0 saturated heterocycles. The Balaban J connectivity index is 4.11. The van der Waals surface area contributed by atoms with Gasteiger partial charge in [0.15, 0.2) is 6.10 Å². The number of esters is 3. The molecule has 0 aliphatic rings. The van der Waals surface area contributed by atoms with Gasteiger partial charge in [-0.3, -0.25) is 14.4 Å². The van der Waals surface area contributed by atoms with Gasteiger partial charge in [0.05, 0.1) is 0 Å². The molecule has 0 heterocycles. The highest BCUT2D eigenvalue weighted by atomic mass is 16.6. The number of carbonyl (C=O) groups is 3. The van der Waals surface area contributed by atoms with E-state index in [1.807, 2.05) is 0 Å². The number of rotatable bonds is 71. The number of allylic oxidation sites excluding steroid dienone is 2. The Bertz CT molecular complexity index is 1280. The Morgan fingerprint density at radius 1 is 0.232 bits per heavy atom. The molecule has 0 N–H and O–H groups in total. The molecule has 0 saturated carbocycles. The van der Waals surface area contributed by atoms with Crippen LogP contribution in [-0.4, -0.2) is 37.2 Å². The van der Waals surface area contributed by atoms with Crippen molar-refractivity contribution >= 4 is 17.9 Å². The van der Waals surface area contributed by atoms with Gasteiger partial charge >= 0.3 is 17.9 Å². The maximum Gasteiger partial charge on any atom is 0.306 e. The molecule has 0 fully saturated rings. The summed E-state index contributed by atoms with van der Waals surface area (Å²) in [6, 6.07) is 0. The van der Waals surface area contributed by atoms with Crippen LogP contribution in [0.4, 0.5) is 0 Å². The molecular formula is C76H146O6. The molecule has 486 valence electrons. The highest BCUT2D eigenvalue weighted by Crippen LogP contribution is 2.20. The molecule has 0 aromatic rings. The monoisotopic (exact) mass is 1160 g/mol. The zero-order valence-corrected chi connectivity index (χ0v) is 56.1. The van der Waals surface area contributed by atoms with Crippen molar-refractivity contribution in [1.29, 1.82) is 0 Å². The van der Waals surface area contributed by atoms with E-state index in [0.29, 0.717) is 19.3 Å². The molecule has 0 radical (unpaired) electrons. The second kappa shape index (κ2) is 71.6. The fraction of sp³-hybridized carbons (Fsp3) is 0.934. The highest BCUT2D eigenvalue weighted by molar-refractivity contribution is 5.71. The van der Waals surface area contributed by atoms with Crippen LogP contribution in [0.3, 0.4) is 0 Å². The summed E-state index contributed by atoms with van der Waals surface area (Å²) in [7, 11) is 0. The van der Waals surface area contributed by atoms with E-state index in [0.717, 1.165) is 64.2 Å². The molecule has 6 nitrogen and oxygen atoms in total. The summed E-state index contributed by atoms with van der Waals surface area (Å²) < 4.78 is 17.0. The fourth-order valence-corrected chi connectivity index (χ4v) is 11.8. The first-order chi connectivity index (χ1) is 40.5. The summed E-state index contributed by atoms with van der Waals surface area (Å²) in [6.45, 7) is 6.69. The highest BCUT2D eigenvalue weighted by Gasteiger charge is 2.20. The summed E-state index contributed by atoms with van der Waals surface area (Å²) in [5.41, 5.74) is 0. The minimum Gasteiger partial charge on any atom is -0.462 e. The molecule has 1 unspecified atom stereocenters. The number of unbranched alkanes of at least 4 members (excludes halogenated alkanes) is 58. The van der Waals surface area contributed by atoms with Gasteiger partial charge in [0.25, 0.3) is 0 Å². The van der Waals surface area contributed by atoms with Crippen LogP contribution in [0.5, 0.6) is 0 Å². The van der Waals surface area contributed by atoms with Crippen LogP contribution in [0, 0.1) is 0 Å². The quantitative estimate of drug-likeness (QED) is 0.0261. The average Bonchev–Trinajstić information content (AvgIpc) is 3.47. The second-order valence-corrected chi connectivity index (χ2v) is 25.9. The maximum atomic E-state index is 13.0. The topological polar surface area (TPSA) is 78.9 Å². The van der Waals surface area contributed by atoms with Crippen LogP contribution in [0.2, 0.25) is 0 Å². The summed E-state index contributed by atoms with van der Waals surface area (Å²) in [6.07, 6.45) is 87.1. The Kier molecular flexibility index (Phi) is 70.0. The van der Waals surface area contributed by atoms with E-state index in [9.17, 15) is 14.4 Å². The Morgan fingerprint density at radius 2 is 0.415 bits per heavy atom. The van der Waals surface area contributed by atoms with E-state index >= 15 is 0 Å². The Hall–Kier alpha value is -1.85. The van der Waals surface area contributed by atoms with Gasteiger partial charge in [0.2, 0.25) is 0 Å². The molecule has 1 atom stereocenters. The normalized spacial score (nSPS) is 12.0. The standard InChI is InChI=1S/C76H146O6/c1-4-7-10-13-16-19-22-24-26-28-30-32-34-36-38-40-41-43-45-47-49-51-54-57-60-63-66-69-75(78)81-72-73(71-80-74(77)68-65-62-59-56-53-21-18-15-12-9-6-3)82-76(79)70-67-64-61-58-55-52-50-48-46-44-42-39-37-35-33-31-29-27-25-23-20-17-14-11-8-5-2/h15,18,73H,4-14,16-17,19-72H2,1-3H3/b18-15-. The van der Waals surface area contributed by atoms with Gasteiger partial charge in [0, 0.05) is 19.3 Å². The molecule has 0 amide bonds. The van der Waals surface area contributed by atoms with Crippen LogP contribution in [0.15, 0.2) is 12.2 Å². The minimum atomic E-state index is -0.770. The smallest absolute Gasteiger partial charge is 0.306 e. The molecule has 6 heteroatoms. The number of carbonyl (C=O) groups excluding carboxylic acids is 3. The molecule has 0 aromatic carbocycles. The SMILES string of the molecule is CCCC/C=C\CCCCCCCC(=O)OCC(COC(=O)CCCCCCCCCCCCCCCCCCCCCCCCCCCCC)OC(=O)CCCCCCCCCCCCCCCCCCCCCCCCCCCC. The summed E-state index contributed by atoms with van der Waals surface area (Å²) in [5.74, 6) is -0.839. The lowest BCUT2D eigenvalue weighted by Crippen LogP contribution is -2.30. The Labute approximate surface area is 513 Å². The van der Waals surface area contributed by atoms with E-state index < -0.39 is 6.10 Å². The molecule has 0 aliphatic carbocycles. The zero-order valence-electron chi connectivity index (χ0n) is 56.1. The first kappa shape index (κ1) is 80.2. The summed E-state index contributed by atoms with van der Waals surface area (Å²) >= 11 is 0. The molecular weight excluding hydrogens is 1010 g/mol. The predicted molar refractivity (Wildman–Crippen MR) is 358 cm³/mol. The Morgan fingerprint density at radius 3 is 0.646 bits per heavy atom. The van der Waals surface area contributed by atoms with Gasteiger partial charge in [-0.05, 0) is 38.5 Å². The first-order valence-electron chi connectivity index (χ1n) is 37.7. The van der Waals surface area contributed by atoms with Crippen molar-refractivity contribution in [3.05, 3.63) is 12.2 Å². The number of hydrogen-bond donors (Lipinski definition) is 0. The van der Waals surface area contributed by atoms with Crippen LogP contribution >= 0.6 is 0 Å². The zero-order chi connectivity index (χ0) is 59.2. The second-order valence-electron chi connectivity index (χ2n) is 25.9. The van der Waals surface area contributed by atoms with Crippen molar-refractivity contribution in [2.45, 2.75) is 444 Å². The van der Waals surface area contributed by atoms with Crippen molar-refractivity contribution < 1.29 is 28.6 Å². The van der Waals surface area contributed by atoms with E-state index in [4.69, 9.17) is 14.2 Å². The van der Waals surface area contributed by atoms with E-state index in [-0.39, 0.29) is 31.1 Å². The largest absolute Gasteiger partial charge is 0.462 e. The third kappa shape index (κ3) is 68.9. The van der Waals surface area contributed by atoms with Gasteiger partial charge < -0.3 is 14.2 Å². The number of ether oxygens (including phenoxy) is 3. The van der Waals surface area contributed by atoms with Crippen LogP contribution in [0.25, 0.3) is 0 Å². The molecule has 0 bridgehead atoms. The minimum absolute atomic E-state index is 0.0657. The lowest BCUT2D eigenvalue weighted by atomic mass is 10.0. The van der Waals surface area contributed by atoms with Crippen LogP contribution in [0.1, 0.15) is 438 Å².